The molecule has 0 aliphatic carbocycles. The summed E-state index contributed by atoms with van der Waals surface area (Å²) in [6.07, 6.45) is 0.779. The maximum atomic E-state index is 13.7. The Hall–Kier alpha value is -1.86. The molecule has 2 heterocycles. The molecule has 2 atom stereocenters. The van der Waals surface area contributed by atoms with Gasteiger partial charge in [-0.3, -0.25) is 4.90 Å². The van der Waals surface area contributed by atoms with Crippen LogP contribution in [-0.2, 0) is 0 Å². The molecule has 5 nitrogen and oxygen atoms in total. The first-order valence-electron chi connectivity index (χ1n) is 7.68. The molecule has 3 rings (SSSR count). The van der Waals surface area contributed by atoms with E-state index in [1.165, 1.54) is 0 Å². The number of nitrogens with zero attached hydrogens (tertiary/aromatic N) is 3. The first-order chi connectivity index (χ1) is 11.0. The van der Waals surface area contributed by atoms with Gasteiger partial charge >= 0.3 is 0 Å². The zero-order valence-electron chi connectivity index (χ0n) is 12.9. The number of halogens is 2. The summed E-state index contributed by atoms with van der Waals surface area (Å²) in [6, 6.07) is 3.12. The van der Waals surface area contributed by atoms with Crippen LogP contribution in [0, 0.1) is 18.6 Å². The van der Waals surface area contributed by atoms with Gasteiger partial charge in [-0.05, 0) is 44.5 Å². The zero-order valence-corrected chi connectivity index (χ0v) is 12.9. The van der Waals surface area contributed by atoms with Crippen LogP contribution in [0.4, 0.5) is 8.78 Å². The van der Waals surface area contributed by atoms with Gasteiger partial charge in [-0.1, -0.05) is 5.16 Å². The highest BCUT2D eigenvalue weighted by molar-refractivity contribution is 5.21. The summed E-state index contributed by atoms with van der Waals surface area (Å²) in [4.78, 5) is 6.27. The summed E-state index contributed by atoms with van der Waals surface area (Å²) >= 11 is 0. The van der Waals surface area contributed by atoms with Crippen molar-refractivity contribution in [2.75, 3.05) is 19.6 Å². The molecular weight excluding hydrogens is 304 g/mol. The minimum absolute atomic E-state index is 0.0132. The molecule has 1 aromatic carbocycles. The number of likely N-dealkylation sites (tertiary alicyclic amines) is 1. The van der Waals surface area contributed by atoms with Gasteiger partial charge in [0.05, 0.1) is 12.0 Å². The Balaban J connectivity index is 1.66. The summed E-state index contributed by atoms with van der Waals surface area (Å²) in [6.45, 7) is 3.45. The van der Waals surface area contributed by atoms with Crippen molar-refractivity contribution in [3.63, 3.8) is 0 Å². The third kappa shape index (κ3) is 3.73. The fourth-order valence-corrected chi connectivity index (χ4v) is 3.01. The monoisotopic (exact) mass is 323 g/mol. The van der Waals surface area contributed by atoms with Crippen molar-refractivity contribution in [3.8, 4) is 0 Å². The second kappa shape index (κ2) is 6.72. The Kier molecular flexibility index (Phi) is 4.68. The number of aryl methyl sites for hydroxylation is 1. The van der Waals surface area contributed by atoms with Crippen molar-refractivity contribution < 1.29 is 18.4 Å². The van der Waals surface area contributed by atoms with Crippen molar-refractivity contribution in [2.45, 2.75) is 31.8 Å². The van der Waals surface area contributed by atoms with Crippen LogP contribution in [0.15, 0.2) is 22.7 Å². The first kappa shape index (κ1) is 16.0. The van der Waals surface area contributed by atoms with E-state index >= 15 is 0 Å². The predicted octanol–water partition coefficient (Wildman–Crippen LogP) is 2.57. The van der Waals surface area contributed by atoms with Crippen molar-refractivity contribution in [1.82, 2.24) is 15.0 Å². The molecule has 0 bridgehead atoms. The molecule has 0 saturated carbocycles. The van der Waals surface area contributed by atoms with Crippen molar-refractivity contribution >= 4 is 0 Å². The van der Waals surface area contributed by atoms with Crippen LogP contribution < -0.4 is 0 Å². The molecule has 0 radical (unpaired) electrons. The van der Waals surface area contributed by atoms with E-state index < -0.39 is 17.7 Å². The average Bonchev–Trinajstić information content (AvgIpc) is 2.96. The summed E-state index contributed by atoms with van der Waals surface area (Å²) in [5.74, 6) is 0.144. The molecule has 124 valence electrons. The Morgan fingerprint density at radius 3 is 3.00 bits per heavy atom. The molecule has 1 aliphatic heterocycles. The SMILES string of the molecule is Cc1noc(C2CCCN(CC(O)c3cc(F)ccc3F)C2)n1. The number of piperidine rings is 1. The number of β-amino-alcohol motifs (C(OH)–C–C–N with tert-alkyl or cyclic N) is 1. The zero-order chi connectivity index (χ0) is 16.4. The summed E-state index contributed by atoms with van der Waals surface area (Å²) in [5.41, 5.74) is -0.0132. The number of hydrogen-bond acceptors (Lipinski definition) is 5. The van der Waals surface area contributed by atoms with E-state index in [0.717, 1.165) is 37.6 Å². The van der Waals surface area contributed by atoms with Crippen molar-refractivity contribution in [2.24, 2.45) is 0 Å². The van der Waals surface area contributed by atoms with E-state index in [1.54, 1.807) is 6.92 Å². The van der Waals surface area contributed by atoms with Gasteiger partial charge in [-0.2, -0.15) is 4.98 Å². The molecule has 23 heavy (non-hydrogen) atoms. The van der Waals surface area contributed by atoms with Crippen LogP contribution in [0.25, 0.3) is 0 Å². The molecule has 1 N–H and O–H groups in total. The van der Waals surface area contributed by atoms with Gasteiger partial charge in [-0.15, -0.1) is 0 Å². The van der Waals surface area contributed by atoms with Crippen LogP contribution in [0.1, 0.15) is 42.1 Å². The van der Waals surface area contributed by atoms with Crippen LogP contribution >= 0.6 is 0 Å². The summed E-state index contributed by atoms with van der Waals surface area (Å²) < 4.78 is 32.2. The lowest BCUT2D eigenvalue weighted by atomic mass is 9.97. The fourth-order valence-electron chi connectivity index (χ4n) is 3.01. The number of aliphatic hydroxyl groups is 1. The second-order valence-electron chi connectivity index (χ2n) is 5.96. The highest BCUT2D eigenvalue weighted by Crippen LogP contribution is 2.27. The second-order valence-corrected chi connectivity index (χ2v) is 5.96. The number of rotatable bonds is 4. The van der Waals surface area contributed by atoms with E-state index in [2.05, 4.69) is 10.1 Å². The lowest BCUT2D eigenvalue weighted by Crippen LogP contribution is -2.37. The molecule has 0 spiro atoms. The molecule has 2 aromatic rings. The largest absolute Gasteiger partial charge is 0.387 e. The van der Waals surface area contributed by atoms with Gasteiger partial charge in [0.2, 0.25) is 5.89 Å². The molecule has 2 unspecified atom stereocenters. The molecule has 0 amide bonds. The quantitative estimate of drug-likeness (QED) is 0.937. The average molecular weight is 323 g/mol. The van der Waals surface area contributed by atoms with E-state index in [9.17, 15) is 13.9 Å². The third-order valence-electron chi connectivity index (χ3n) is 4.15. The van der Waals surface area contributed by atoms with Gasteiger partial charge in [0, 0.05) is 18.7 Å². The van der Waals surface area contributed by atoms with E-state index in [4.69, 9.17) is 4.52 Å². The molecule has 7 heteroatoms. The number of hydrogen-bond donors (Lipinski definition) is 1. The molecule has 1 saturated heterocycles. The lowest BCUT2D eigenvalue weighted by Gasteiger charge is -2.32. The van der Waals surface area contributed by atoms with Gasteiger partial charge in [0.1, 0.15) is 11.6 Å². The van der Waals surface area contributed by atoms with Crippen LogP contribution in [-0.4, -0.2) is 39.8 Å². The molecule has 1 aliphatic rings. The smallest absolute Gasteiger partial charge is 0.231 e. The van der Waals surface area contributed by atoms with Gasteiger partial charge in [-0.25, -0.2) is 8.78 Å². The predicted molar refractivity (Wildman–Crippen MR) is 78.8 cm³/mol. The minimum atomic E-state index is -1.08. The Bertz CT molecular complexity index is 677. The molecular formula is C16H19F2N3O2. The topological polar surface area (TPSA) is 62.4 Å². The van der Waals surface area contributed by atoms with E-state index in [0.29, 0.717) is 18.3 Å². The Morgan fingerprint density at radius 1 is 1.43 bits per heavy atom. The molecule has 1 fully saturated rings. The minimum Gasteiger partial charge on any atom is -0.387 e. The highest BCUT2D eigenvalue weighted by atomic mass is 19.1. The maximum absolute atomic E-state index is 13.7. The highest BCUT2D eigenvalue weighted by Gasteiger charge is 2.27. The van der Waals surface area contributed by atoms with E-state index in [-0.39, 0.29) is 18.0 Å². The van der Waals surface area contributed by atoms with Crippen molar-refractivity contribution in [1.29, 1.82) is 0 Å². The number of aliphatic hydroxyl groups excluding tert-OH is 1. The van der Waals surface area contributed by atoms with Gasteiger partial charge < -0.3 is 9.63 Å². The summed E-state index contributed by atoms with van der Waals surface area (Å²) in [7, 11) is 0. The van der Waals surface area contributed by atoms with Crippen LogP contribution in [0.2, 0.25) is 0 Å². The van der Waals surface area contributed by atoms with E-state index in [1.807, 2.05) is 4.90 Å². The lowest BCUT2D eigenvalue weighted by molar-refractivity contribution is 0.0885. The Morgan fingerprint density at radius 2 is 2.26 bits per heavy atom. The summed E-state index contributed by atoms with van der Waals surface area (Å²) in [5, 5.41) is 14.0. The third-order valence-corrected chi connectivity index (χ3v) is 4.15. The van der Waals surface area contributed by atoms with Crippen molar-refractivity contribution in [3.05, 3.63) is 47.1 Å². The fraction of sp³-hybridized carbons (Fsp3) is 0.500. The van der Waals surface area contributed by atoms with Gasteiger partial charge in [0.25, 0.3) is 0 Å². The number of benzene rings is 1. The standard InChI is InChI=1S/C16H19F2N3O2/c1-10-19-16(23-20-10)11-3-2-6-21(8-11)9-15(22)13-7-12(17)4-5-14(13)18/h4-5,7,11,15,22H,2-3,6,8-9H2,1H3. The van der Waals surface area contributed by atoms with Gasteiger partial charge in [0.15, 0.2) is 5.82 Å². The first-order valence-corrected chi connectivity index (χ1v) is 7.68. The maximum Gasteiger partial charge on any atom is 0.231 e. The molecule has 1 aromatic heterocycles. The normalized spacial score (nSPS) is 20.6. The van der Waals surface area contributed by atoms with Crippen LogP contribution in [0.5, 0.6) is 0 Å². The van der Waals surface area contributed by atoms with Crippen LogP contribution in [0.3, 0.4) is 0 Å². The number of aromatic nitrogens is 2. The Labute approximate surface area is 132 Å².